The van der Waals surface area contributed by atoms with E-state index in [9.17, 15) is 19.1 Å². The lowest BCUT2D eigenvalue weighted by Gasteiger charge is -2.37. The highest BCUT2D eigenvalue weighted by Gasteiger charge is 2.32. The number of carboxylic acids is 1. The highest BCUT2D eigenvalue weighted by atomic mass is 35.5. The van der Waals surface area contributed by atoms with Crippen LogP contribution in [0.15, 0.2) is 48.7 Å². The normalized spacial score (nSPS) is 17.0. The Bertz CT molecular complexity index is 1620. The van der Waals surface area contributed by atoms with Gasteiger partial charge in [0.05, 0.1) is 16.8 Å². The van der Waals surface area contributed by atoms with Crippen LogP contribution >= 0.6 is 22.9 Å². The van der Waals surface area contributed by atoms with Crippen LogP contribution in [-0.4, -0.2) is 53.1 Å². The number of hydrogen-bond acceptors (Lipinski definition) is 6. The molecular formula is C31H31ClFN3O4S. The first kappa shape index (κ1) is 29.0. The van der Waals surface area contributed by atoms with Gasteiger partial charge in [-0.05, 0) is 86.7 Å². The van der Waals surface area contributed by atoms with Crippen molar-refractivity contribution in [3.05, 3.63) is 81.2 Å². The van der Waals surface area contributed by atoms with Crippen LogP contribution in [0.2, 0.25) is 5.02 Å². The first-order chi connectivity index (χ1) is 19.7. The molecule has 0 aliphatic heterocycles. The van der Waals surface area contributed by atoms with E-state index >= 15 is 0 Å². The maximum atomic E-state index is 14.8. The van der Waals surface area contributed by atoms with Gasteiger partial charge in [0, 0.05) is 35.8 Å². The largest absolute Gasteiger partial charge is 0.496 e. The number of aromatic nitrogens is 1. The van der Waals surface area contributed by atoms with Crippen molar-refractivity contribution in [2.24, 2.45) is 0 Å². The number of methoxy groups -OCH3 is 1. The maximum absolute atomic E-state index is 14.8. The molecule has 1 amide bonds. The van der Waals surface area contributed by atoms with E-state index in [2.05, 4.69) is 10.3 Å². The van der Waals surface area contributed by atoms with Gasteiger partial charge in [-0.2, -0.15) is 0 Å². The molecule has 7 nitrogen and oxygen atoms in total. The van der Waals surface area contributed by atoms with Gasteiger partial charge in [0.2, 0.25) is 0 Å². The quantitative estimate of drug-likeness (QED) is 0.229. The molecule has 2 aromatic heterocycles. The minimum absolute atomic E-state index is 0.0489. The lowest BCUT2D eigenvalue weighted by molar-refractivity contribution is 0.0604. The Labute approximate surface area is 246 Å². The highest BCUT2D eigenvalue weighted by Crippen LogP contribution is 2.41. The average molecular weight is 596 g/mol. The topological polar surface area (TPSA) is 91.8 Å². The van der Waals surface area contributed by atoms with Crippen molar-refractivity contribution in [3.8, 4) is 16.9 Å². The summed E-state index contributed by atoms with van der Waals surface area (Å²) < 4.78 is 20.8. The van der Waals surface area contributed by atoms with Crippen molar-refractivity contribution < 1.29 is 23.8 Å². The summed E-state index contributed by atoms with van der Waals surface area (Å²) >= 11 is 7.86. The van der Waals surface area contributed by atoms with Crippen molar-refractivity contribution in [2.75, 3.05) is 14.2 Å². The van der Waals surface area contributed by atoms with Crippen LogP contribution in [0.5, 0.6) is 5.75 Å². The van der Waals surface area contributed by atoms with Crippen LogP contribution < -0.4 is 10.1 Å². The number of carboxylic acid groups (broad SMARTS) is 1. The molecule has 1 aliphatic carbocycles. The molecule has 2 N–H and O–H groups in total. The molecule has 5 rings (SSSR count). The number of halogens is 2. The number of carbonyl (C=O) groups is 2. The fraction of sp³-hybridized carbons (Fsp3) is 0.323. The number of rotatable bonds is 8. The molecule has 2 heterocycles. The Kier molecular flexibility index (Phi) is 8.58. The van der Waals surface area contributed by atoms with E-state index in [0.29, 0.717) is 32.3 Å². The molecule has 214 valence electrons. The van der Waals surface area contributed by atoms with E-state index < -0.39 is 11.8 Å². The standard InChI is InChI=1S/C31H31ClFN3O4S/c1-17-4-10-23(33)28-26(17)27(32)29(41-28)30(37)36(22-8-6-21(34-2)7-9-22)16-20-14-18(5-11-25(20)40-3)19-12-13-35-24(15-19)31(38)39/h4-5,10-15,21-22,34H,6-9,16H2,1-3H3,(H,38,39)/t21-,22-. The van der Waals surface area contributed by atoms with E-state index in [1.165, 1.54) is 18.3 Å². The van der Waals surface area contributed by atoms with Crippen molar-refractivity contribution >= 4 is 44.9 Å². The summed E-state index contributed by atoms with van der Waals surface area (Å²) in [4.78, 5) is 31.9. The summed E-state index contributed by atoms with van der Waals surface area (Å²) in [6.45, 7) is 2.10. The van der Waals surface area contributed by atoms with Gasteiger partial charge in [0.15, 0.2) is 0 Å². The zero-order chi connectivity index (χ0) is 29.3. The lowest BCUT2D eigenvalue weighted by atomic mass is 9.89. The van der Waals surface area contributed by atoms with E-state index in [-0.39, 0.29) is 29.2 Å². The average Bonchev–Trinajstić information content (AvgIpc) is 3.35. The molecule has 2 aromatic carbocycles. The second-order valence-corrected chi connectivity index (χ2v) is 11.7. The zero-order valence-electron chi connectivity index (χ0n) is 23.0. The Balaban J connectivity index is 1.56. The van der Waals surface area contributed by atoms with Crippen LogP contribution in [-0.2, 0) is 6.54 Å². The number of carbonyl (C=O) groups excluding carboxylic acids is 1. The Morgan fingerprint density at radius 2 is 1.88 bits per heavy atom. The molecule has 0 unspecified atom stereocenters. The zero-order valence-corrected chi connectivity index (χ0v) is 24.6. The van der Waals surface area contributed by atoms with Gasteiger partial charge < -0.3 is 20.1 Å². The van der Waals surface area contributed by atoms with E-state index in [1.54, 1.807) is 19.2 Å². The Morgan fingerprint density at radius 1 is 1.15 bits per heavy atom. The minimum atomic E-state index is -1.11. The Morgan fingerprint density at radius 3 is 2.54 bits per heavy atom. The number of aryl methyl sites for hydroxylation is 1. The van der Waals surface area contributed by atoms with Crippen molar-refractivity contribution in [3.63, 3.8) is 0 Å². The molecule has 1 aliphatic rings. The first-order valence-electron chi connectivity index (χ1n) is 13.4. The van der Waals surface area contributed by atoms with Crippen LogP contribution in [0, 0.1) is 12.7 Å². The molecular weight excluding hydrogens is 565 g/mol. The van der Waals surface area contributed by atoms with Gasteiger partial charge in [0.1, 0.15) is 22.1 Å². The molecule has 1 fully saturated rings. The second-order valence-electron chi connectivity index (χ2n) is 10.3. The number of thiophene rings is 1. The SMILES string of the molecule is CN[C@H]1CC[C@H](N(Cc2cc(-c3ccnc(C(=O)O)c3)ccc2OC)C(=O)c2sc3c(F)ccc(C)c3c2Cl)CC1. The number of ether oxygens (including phenoxy) is 1. The molecule has 41 heavy (non-hydrogen) atoms. The summed E-state index contributed by atoms with van der Waals surface area (Å²) in [7, 11) is 3.53. The van der Waals surface area contributed by atoms with Gasteiger partial charge in [0.25, 0.3) is 5.91 Å². The number of hydrogen-bond donors (Lipinski definition) is 2. The van der Waals surface area contributed by atoms with Crippen LogP contribution in [0.1, 0.15) is 57.0 Å². The third kappa shape index (κ3) is 5.80. The summed E-state index contributed by atoms with van der Waals surface area (Å²) in [5, 5.41) is 13.6. The van der Waals surface area contributed by atoms with Gasteiger partial charge in [-0.1, -0.05) is 23.7 Å². The van der Waals surface area contributed by atoms with Crippen molar-refractivity contribution in [1.82, 2.24) is 15.2 Å². The smallest absolute Gasteiger partial charge is 0.354 e. The molecule has 4 aromatic rings. The second kappa shape index (κ2) is 12.1. The number of pyridine rings is 1. The number of nitrogens with one attached hydrogen (secondary N) is 1. The molecule has 0 bridgehead atoms. The van der Waals surface area contributed by atoms with Crippen LogP contribution in [0.25, 0.3) is 21.2 Å². The number of amides is 1. The molecule has 0 spiro atoms. The Hall–Kier alpha value is -3.53. The summed E-state index contributed by atoms with van der Waals surface area (Å²) in [6.07, 6.45) is 4.92. The summed E-state index contributed by atoms with van der Waals surface area (Å²) in [5.74, 6) is -1.15. The van der Waals surface area contributed by atoms with Crippen LogP contribution in [0.4, 0.5) is 4.39 Å². The van der Waals surface area contributed by atoms with Gasteiger partial charge in [-0.25, -0.2) is 14.2 Å². The van der Waals surface area contributed by atoms with Gasteiger partial charge >= 0.3 is 5.97 Å². The monoisotopic (exact) mass is 595 g/mol. The fourth-order valence-electron chi connectivity index (χ4n) is 5.59. The summed E-state index contributed by atoms with van der Waals surface area (Å²) in [5.41, 5.74) is 2.99. The molecule has 10 heteroatoms. The maximum Gasteiger partial charge on any atom is 0.354 e. The number of fused-ring (bicyclic) bond motifs is 1. The molecule has 0 atom stereocenters. The van der Waals surface area contributed by atoms with Crippen molar-refractivity contribution in [1.29, 1.82) is 0 Å². The predicted molar refractivity (Wildman–Crippen MR) is 160 cm³/mol. The lowest BCUT2D eigenvalue weighted by Crippen LogP contribution is -2.44. The molecule has 0 saturated heterocycles. The van der Waals surface area contributed by atoms with E-state index in [1.807, 2.05) is 37.1 Å². The van der Waals surface area contributed by atoms with Gasteiger partial charge in [-0.3, -0.25) is 4.79 Å². The molecule has 1 saturated carbocycles. The predicted octanol–water partition coefficient (Wildman–Crippen LogP) is 6.94. The van der Waals surface area contributed by atoms with Crippen molar-refractivity contribution in [2.45, 2.75) is 51.2 Å². The number of nitrogens with zero attached hydrogens (tertiary/aromatic N) is 2. The van der Waals surface area contributed by atoms with Gasteiger partial charge in [-0.15, -0.1) is 11.3 Å². The number of aromatic carboxylic acids is 1. The highest BCUT2D eigenvalue weighted by molar-refractivity contribution is 7.21. The first-order valence-corrected chi connectivity index (χ1v) is 14.6. The summed E-state index contributed by atoms with van der Waals surface area (Å²) in [6, 6.07) is 12.3. The fourth-order valence-corrected chi connectivity index (χ4v) is 7.22. The van der Waals surface area contributed by atoms with Crippen LogP contribution in [0.3, 0.4) is 0 Å². The van der Waals surface area contributed by atoms with E-state index in [4.69, 9.17) is 16.3 Å². The third-order valence-corrected chi connectivity index (χ3v) is 9.55. The number of benzene rings is 2. The minimum Gasteiger partial charge on any atom is -0.496 e. The molecule has 0 radical (unpaired) electrons. The van der Waals surface area contributed by atoms with E-state index in [0.717, 1.165) is 53.7 Å². The third-order valence-electron chi connectivity index (χ3n) is 7.88.